The van der Waals surface area contributed by atoms with Crippen LogP contribution in [0.1, 0.15) is 11.7 Å². The molecule has 0 aromatic heterocycles. The molecular weight excluding hydrogens is 329 g/mol. The lowest BCUT2D eigenvalue weighted by molar-refractivity contribution is -0.125. The zero-order chi connectivity index (χ0) is 15.1. The zero-order valence-corrected chi connectivity index (χ0v) is 13.3. The monoisotopic (exact) mass is 339 g/mol. The molecule has 1 amide bonds. The van der Waals surface area contributed by atoms with E-state index in [9.17, 15) is 9.90 Å². The van der Waals surface area contributed by atoms with Crippen LogP contribution in [0.15, 0.2) is 46.2 Å². The van der Waals surface area contributed by atoms with Gasteiger partial charge in [0.25, 0.3) is 5.91 Å². The SMILES string of the molecule is CN1C(=O)C(O)c2ccc(Sc3ccc(Cl)c(Cl)c3)cc21. The molecular formula is C15H11Cl2NO2S. The molecule has 3 nitrogen and oxygen atoms in total. The Balaban J connectivity index is 1.91. The van der Waals surface area contributed by atoms with Crippen molar-refractivity contribution in [3.05, 3.63) is 52.0 Å². The highest BCUT2D eigenvalue weighted by Gasteiger charge is 2.33. The van der Waals surface area contributed by atoms with E-state index in [2.05, 4.69) is 0 Å². The Hall–Kier alpha value is -1.20. The number of halogens is 2. The molecule has 1 atom stereocenters. The van der Waals surface area contributed by atoms with Crippen LogP contribution in [0, 0.1) is 0 Å². The van der Waals surface area contributed by atoms with Gasteiger partial charge >= 0.3 is 0 Å². The fourth-order valence-electron chi connectivity index (χ4n) is 2.22. The van der Waals surface area contributed by atoms with E-state index in [1.54, 1.807) is 25.2 Å². The molecule has 21 heavy (non-hydrogen) atoms. The third-order valence-electron chi connectivity index (χ3n) is 3.35. The Morgan fingerprint density at radius 1 is 1.10 bits per heavy atom. The number of anilines is 1. The first kappa shape index (κ1) is 14.7. The minimum absolute atomic E-state index is 0.304. The number of amides is 1. The largest absolute Gasteiger partial charge is 0.378 e. The maximum Gasteiger partial charge on any atom is 0.260 e. The molecule has 0 aliphatic carbocycles. The van der Waals surface area contributed by atoms with Crippen molar-refractivity contribution in [3.63, 3.8) is 0 Å². The van der Waals surface area contributed by atoms with Crippen LogP contribution in [-0.2, 0) is 4.79 Å². The molecule has 1 unspecified atom stereocenters. The van der Waals surface area contributed by atoms with Gasteiger partial charge < -0.3 is 10.0 Å². The predicted molar refractivity (Wildman–Crippen MR) is 85.4 cm³/mol. The summed E-state index contributed by atoms with van der Waals surface area (Å²) in [7, 11) is 1.66. The van der Waals surface area contributed by atoms with Crippen LogP contribution in [0.5, 0.6) is 0 Å². The quantitative estimate of drug-likeness (QED) is 0.893. The summed E-state index contributed by atoms with van der Waals surface area (Å²) < 4.78 is 0. The van der Waals surface area contributed by atoms with Gasteiger partial charge in [0.05, 0.1) is 15.7 Å². The maximum absolute atomic E-state index is 11.8. The summed E-state index contributed by atoms with van der Waals surface area (Å²) in [5, 5.41) is 10.9. The first-order chi connectivity index (χ1) is 9.97. The van der Waals surface area contributed by atoms with Gasteiger partial charge in [-0.2, -0.15) is 0 Å². The topological polar surface area (TPSA) is 40.5 Å². The minimum atomic E-state index is -1.06. The highest BCUT2D eigenvalue weighted by atomic mass is 35.5. The lowest BCUT2D eigenvalue weighted by Crippen LogP contribution is -2.23. The van der Waals surface area contributed by atoms with Gasteiger partial charge in [0, 0.05) is 22.4 Å². The van der Waals surface area contributed by atoms with Crippen molar-refractivity contribution in [2.24, 2.45) is 0 Å². The summed E-state index contributed by atoms with van der Waals surface area (Å²) in [5.74, 6) is -0.304. The fraction of sp³-hybridized carbons (Fsp3) is 0.133. The minimum Gasteiger partial charge on any atom is -0.378 e. The van der Waals surface area contributed by atoms with E-state index in [0.717, 1.165) is 15.5 Å². The number of carbonyl (C=O) groups is 1. The van der Waals surface area contributed by atoms with Crippen molar-refractivity contribution in [3.8, 4) is 0 Å². The van der Waals surface area contributed by atoms with E-state index in [1.807, 2.05) is 18.2 Å². The normalized spacial score (nSPS) is 17.2. The highest BCUT2D eigenvalue weighted by molar-refractivity contribution is 7.99. The molecule has 1 heterocycles. The second-order valence-electron chi connectivity index (χ2n) is 4.70. The van der Waals surface area contributed by atoms with E-state index in [4.69, 9.17) is 23.2 Å². The van der Waals surface area contributed by atoms with E-state index in [1.165, 1.54) is 16.7 Å². The Bertz CT molecular complexity index is 736. The molecule has 108 valence electrons. The number of hydrogen-bond acceptors (Lipinski definition) is 3. The number of benzene rings is 2. The van der Waals surface area contributed by atoms with Gasteiger partial charge in [-0.15, -0.1) is 0 Å². The van der Waals surface area contributed by atoms with Gasteiger partial charge in [0.1, 0.15) is 0 Å². The van der Waals surface area contributed by atoms with E-state index in [-0.39, 0.29) is 5.91 Å². The molecule has 0 radical (unpaired) electrons. The smallest absolute Gasteiger partial charge is 0.260 e. The third kappa shape index (κ3) is 2.64. The number of likely N-dealkylation sites (N-methyl/N-ethyl adjacent to an activating group) is 1. The summed E-state index contributed by atoms with van der Waals surface area (Å²) in [5.41, 5.74) is 1.37. The van der Waals surface area contributed by atoms with Gasteiger partial charge in [-0.05, 0) is 30.3 Å². The van der Waals surface area contributed by atoms with E-state index >= 15 is 0 Å². The van der Waals surface area contributed by atoms with Gasteiger partial charge in [0.2, 0.25) is 0 Å². The Morgan fingerprint density at radius 2 is 1.76 bits per heavy atom. The van der Waals surface area contributed by atoms with Gasteiger partial charge in [-0.25, -0.2) is 0 Å². The average Bonchev–Trinajstić information content (AvgIpc) is 2.68. The number of aliphatic hydroxyl groups is 1. The molecule has 1 aliphatic rings. The molecule has 1 N–H and O–H groups in total. The number of aliphatic hydroxyl groups excluding tert-OH is 1. The number of nitrogens with zero attached hydrogens (tertiary/aromatic N) is 1. The first-order valence-corrected chi connectivity index (χ1v) is 7.77. The Kier molecular flexibility index (Phi) is 3.88. The third-order valence-corrected chi connectivity index (χ3v) is 5.07. The van der Waals surface area contributed by atoms with Crippen molar-refractivity contribution >= 4 is 46.6 Å². The van der Waals surface area contributed by atoms with Crippen molar-refractivity contribution in [2.75, 3.05) is 11.9 Å². The first-order valence-electron chi connectivity index (χ1n) is 6.20. The molecule has 6 heteroatoms. The van der Waals surface area contributed by atoms with Crippen molar-refractivity contribution in [1.29, 1.82) is 0 Å². The van der Waals surface area contributed by atoms with Crippen LogP contribution in [0.3, 0.4) is 0 Å². The molecule has 0 bridgehead atoms. The molecule has 0 spiro atoms. The molecule has 0 saturated heterocycles. The van der Waals surface area contributed by atoms with Crippen molar-refractivity contribution in [2.45, 2.75) is 15.9 Å². The second kappa shape index (κ2) is 5.54. The highest BCUT2D eigenvalue weighted by Crippen LogP contribution is 2.39. The van der Waals surface area contributed by atoms with Gasteiger partial charge in [-0.1, -0.05) is 41.0 Å². The molecule has 0 saturated carbocycles. The lowest BCUT2D eigenvalue weighted by atomic mass is 10.1. The van der Waals surface area contributed by atoms with E-state index < -0.39 is 6.10 Å². The summed E-state index contributed by atoms with van der Waals surface area (Å²) in [6.45, 7) is 0. The Morgan fingerprint density at radius 3 is 2.48 bits per heavy atom. The van der Waals surface area contributed by atoms with Crippen LogP contribution in [-0.4, -0.2) is 18.1 Å². The number of carbonyl (C=O) groups excluding carboxylic acids is 1. The number of hydrogen-bond donors (Lipinski definition) is 1. The predicted octanol–water partition coefficient (Wildman–Crippen LogP) is 4.15. The van der Waals surface area contributed by atoms with Gasteiger partial charge in [0.15, 0.2) is 6.10 Å². The Labute approximate surface area is 136 Å². The number of rotatable bonds is 2. The van der Waals surface area contributed by atoms with Gasteiger partial charge in [-0.3, -0.25) is 4.79 Å². The van der Waals surface area contributed by atoms with Crippen LogP contribution in [0.2, 0.25) is 10.0 Å². The standard InChI is InChI=1S/C15H11Cl2NO2S/c1-18-13-7-9(2-4-10(13)14(19)15(18)20)21-8-3-5-11(16)12(17)6-8/h2-7,14,19H,1H3. The van der Waals surface area contributed by atoms with Crippen LogP contribution in [0.4, 0.5) is 5.69 Å². The molecule has 3 rings (SSSR count). The van der Waals surface area contributed by atoms with Crippen molar-refractivity contribution in [1.82, 2.24) is 0 Å². The molecule has 0 fully saturated rings. The summed E-state index contributed by atoms with van der Waals surface area (Å²) >= 11 is 13.4. The fourth-order valence-corrected chi connectivity index (χ4v) is 3.47. The average molecular weight is 340 g/mol. The molecule has 1 aliphatic heterocycles. The molecule has 2 aromatic carbocycles. The van der Waals surface area contributed by atoms with E-state index in [0.29, 0.717) is 15.6 Å². The lowest BCUT2D eigenvalue weighted by Gasteiger charge is -2.11. The summed E-state index contributed by atoms with van der Waals surface area (Å²) in [6, 6.07) is 11.0. The van der Waals surface area contributed by atoms with Crippen LogP contribution in [0.25, 0.3) is 0 Å². The summed E-state index contributed by atoms with van der Waals surface area (Å²) in [6.07, 6.45) is -1.06. The van der Waals surface area contributed by atoms with Crippen LogP contribution < -0.4 is 4.90 Å². The van der Waals surface area contributed by atoms with Crippen LogP contribution >= 0.6 is 35.0 Å². The van der Waals surface area contributed by atoms with Crippen molar-refractivity contribution < 1.29 is 9.90 Å². The zero-order valence-electron chi connectivity index (χ0n) is 11.0. The summed E-state index contributed by atoms with van der Waals surface area (Å²) in [4.78, 5) is 15.1. The second-order valence-corrected chi connectivity index (χ2v) is 6.66. The molecule has 2 aromatic rings. The number of fused-ring (bicyclic) bond motifs is 1. The maximum atomic E-state index is 11.8.